The number of aliphatic hydroxyl groups excluding tert-OH is 1. The van der Waals surface area contributed by atoms with Crippen LogP contribution in [0.5, 0.6) is 0 Å². The standard InChI is InChI=1S/C15H16ClN3O2/c16-15-12(19-8-2-1-3-13(19)17-15)6-7-14(21)18(9-10-20)11-4-5-11/h1-3,6-8,11,20H,4-5,9-10H2/b7-6+. The molecule has 3 rings (SSSR count). The maximum Gasteiger partial charge on any atom is 0.246 e. The zero-order valence-electron chi connectivity index (χ0n) is 11.4. The first kappa shape index (κ1) is 14.1. The van der Waals surface area contributed by atoms with E-state index in [1.54, 1.807) is 11.0 Å². The summed E-state index contributed by atoms with van der Waals surface area (Å²) in [6, 6.07) is 5.89. The van der Waals surface area contributed by atoms with E-state index in [1.165, 1.54) is 6.08 Å². The van der Waals surface area contributed by atoms with Gasteiger partial charge in [0.1, 0.15) is 5.65 Å². The van der Waals surface area contributed by atoms with Gasteiger partial charge in [-0.15, -0.1) is 0 Å². The first-order chi connectivity index (χ1) is 10.2. The van der Waals surface area contributed by atoms with Crippen LogP contribution in [-0.4, -0.2) is 44.5 Å². The SMILES string of the molecule is O=C(/C=C/c1c(Cl)nc2ccccn12)N(CCO)C1CC1. The largest absolute Gasteiger partial charge is 0.395 e. The number of aromatic nitrogens is 2. The minimum atomic E-state index is -0.103. The predicted octanol–water partition coefficient (Wildman–Crippen LogP) is 1.98. The number of fused-ring (bicyclic) bond motifs is 1. The van der Waals surface area contributed by atoms with E-state index in [1.807, 2.05) is 28.8 Å². The van der Waals surface area contributed by atoms with Crippen molar-refractivity contribution in [1.29, 1.82) is 0 Å². The van der Waals surface area contributed by atoms with Gasteiger partial charge < -0.3 is 10.0 Å². The summed E-state index contributed by atoms with van der Waals surface area (Å²) in [5.41, 5.74) is 1.42. The molecule has 1 aliphatic carbocycles. The number of hydrogen-bond acceptors (Lipinski definition) is 3. The highest BCUT2D eigenvalue weighted by atomic mass is 35.5. The third-order valence-corrected chi connectivity index (χ3v) is 3.80. The van der Waals surface area contributed by atoms with Crippen LogP contribution in [0.15, 0.2) is 30.5 Å². The van der Waals surface area contributed by atoms with Crippen LogP contribution in [0.2, 0.25) is 5.15 Å². The van der Waals surface area contributed by atoms with Crippen LogP contribution in [0.1, 0.15) is 18.5 Å². The summed E-state index contributed by atoms with van der Waals surface area (Å²) in [5.74, 6) is -0.103. The van der Waals surface area contributed by atoms with Gasteiger partial charge in [0.15, 0.2) is 5.15 Å². The van der Waals surface area contributed by atoms with Crippen molar-refractivity contribution in [3.63, 3.8) is 0 Å². The summed E-state index contributed by atoms with van der Waals surface area (Å²) in [5, 5.41) is 9.41. The third-order valence-electron chi connectivity index (χ3n) is 3.52. The van der Waals surface area contributed by atoms with Gasteiger partial charge >= 0.3 is 0 Å². The van der Waals surface area contributed by atoms with Crippen molar-refractivity contribution in [3.8, 4) is 0 Å². The molecule has 2 aromatic rings. The fraction of sp³-hybridized carbons (Fsp3) is 0.333. The molecular formula is C15H16ClN3O2. The van der Waals surface area contributed by atoms with E-state index in [4.69, 9.17) is 16.7 Å². The van der Waals surface area contributed by atoms with Crippen molar-refractivity contribution in [3.05, 3.63) is 41.3 Å². The summed E-state index contributed by atoms with van der Waals surface area (Å²) in [7, 11) is 0. The van der Waals surface area contributed by atoms with Crippen molar-refractivity contribution in [2.24, 2.45) is 0 Å². The average Bonchev–Trinajstić information content (AvgIpc) is 3.26. The smallest absolute Gasteiger partial charge is 0.246 e. The Kier molecular flexibility index (Phi) is 3.94. The maximum absolute atomic E-state index is 12.2. The van der Waals surface area contributed by atoms with Gasteiger partial charge in [0.25, 0.3) is 0 Å². The van der Waals surface area contributed by atoms with Gasteiger partial charge in [-0.1, -0.05) is 17.7 Å². The summed E-state index contributed by atoms with van der Waals surface area (Å²) in [6.07, 6.45) is 7.05. The Labute approximate surface area is 127 Å². The Hall–Kier alpha value is -1.85. The Morgan fingerprint density at radius 1 is 1.52 bits per heavy atom. The highest BCUT2D eigenvalue weighted by Crippen LogP contribution is 2.27. The minimum absolute atomic E-state index is 0.0214. The van der Waals surface area contributed by atoms with Gasteiger partial charge in [-0.05, 0) is 31.1 Å². The second-order valence-electron chi connectivity index (χ2n) is 5.04. The zero-order chi connectivity index (χ0) is 14.8. The lowest BCUT2D eigenvalue weighted by atomic mass is 10.3. The molecule has 0 atom stereocenters. The first-order valence-corrected chi connectivity index (χ1v) is 7.30. The molecule has 5 nitrogen and oxygen atoms in total. The molecule has 0 unspecified atom stereocenters. The van der Waals surface area contributed by atoms with Crippen molar-refractivity contribution in [1.82, 2.24) is 14.3 Å². The number of aliphatic hydroxyl groups is 1. The van der Waals surface area contributed by atoms with Gasteiger partial charge in [-0.3, -0.25) is 9.20 Å². The van der Waals surface area contributed by atoms with Crippen molar-refractivity contribution >= 4 is 29.2 Å². The number of pyridine rings is 1. The van der Waals surface area contributed by atoms with E-state index in [-0.39, 0.29) is 18.6 Å². The van der Waals surface area contributed by atoms with E-state index < -0.39 is 0 Å². The average molecular weight is 306 g/mol. The lowest BCUT2D eigenvalue weighted by Crippen LogP contribution is -2.34. The highest BCUT2D eigenvalue weighted by molar-refractivity contribution is 6.31. The van der Waals surface area contributed by atoms with Crippen LogP contribution < -0.4 is 0 Å². The quantitative estimate of drug-likeness (QED) is 0.859. The Bertz CT molecular complexity index is 691. The summed E-state index contributed by atoms with van der Waals surface area (Å²) < 4.78 is 1.83. The number of carbonyl (C=O) groups excluding carboxylic acids is 1. The van der Waals surface area contributed by atoms with E-state index >= 15 is 0 Å². The molecule has 6 heteroatoms. The van der Waals surface area contributed by atoms with E-state index in [0.717, 1.165) is 18.5 Å². The highest BCUT2D eigenvalue weighted by Gasteiger charge is 2.30. The molecule has 1 aliphatic rings. The minimum Gasteiger partial charge on any atom is -0.395 e. The van der Waals surface area contributed by atoms with Crippen LogP contribution in [0.4, 0.5) is 0 Å². The molecule has 0 radical (unpaired) electrons. The van der Waals surface area contributed by atoms with E-state index in [9.17, 15) is 4.79 Å². The summed E-state index contributed by atoms with van der Waals surface area (Å²) in [6.45, 7) is 0.348. The number of carbonyl (C=O) groups is 1. The maximum atomic E-state index is 12.2. The number of imidazole rings is 1. The molecule has 110 valence electrons. The van der Waals surface area contributed by atoms with Crippen LogP contribution in [-0.2, 0) is 4.79 Å². The molecule has 0 spiro atoms. The lowest BCUT2D eigenvalue weighted by molar-refractivity contribution is -0.127. The monoisotopic (exact) mass is 305 g/mol. The van der Waals surface area contributed by atoms with Gasteiger partial charge in [-0.2, -0.15) is 0 Å². The molecule has 0 aliphatic heterocycles. The van der Waals surface area contributed by atoms with Gasteiger partial charge in [0, 0.05) is 24.9 Å². The number of hydrogen-bond donors (Lipinski definition) is 1. The number of rotatable bonds is 5. The molecule has 1 amide bonds. The van der Waals surface area contributed by atoms with Gasteiger partial charge in [0.2, 0.25) is 5.91 Å². The Balaban J connectivity index is 1.83. The molecule has 0 bridgehead atoms. The normalized spacial score (nSPS) is 15.0. The van der Waals surface area contributed by atoms with Crippen LogP contribution in [0.25, 0.3) is 11.7 Å². The van der Waals surface area contributed by atoms with Crippen molar-refractivity contribution in [2.45, 2.75) is 18.9 Å². The Morgan fingerprint density at radius 3 is 3.05 bits per heavy atom. The lowest BCUT2D eigenvalue weighted by Gasteiger charge is -2.19. The van der Waals surface area contributed by atoms with Gasteiger partial charge in [0.05, 0.1) is 12.3 Å². The molecule has 1 fully saturated rings. The molecule has 1 N–H and O–H groups in total. The van der Waals surface area contributed by atoms with Crippen molar-refractivity contribution < 1.29 is 9.90 Å². The molecular weight excluding hydrogens is 290 g/mol. The summed E-state index contributed by atoms with van der Waals surface area (Å²) >= 11 is 6.12. The molecule has 2 aromatic heterocycles. The summed E-state index contributed by atoms with van der Waals surface area (Å²) in [4.78, 5) is 18.1. The van der Waals surface area contributed by atoms with E-state index in [2.05, 4.69) is 4.98 Å². The number of halogens is 1. The second-order valence-corrected chi connectivity index (χ2v) is 5.39. The fourth-order valence-electron chi connectivity index (χ4n) is 2.35. The third kappa shape index (κ3) is 2.94. The fourth-order valence-corrected chi connectivity index (χ4v) is 2.59. The van der Waals surface area contributed by atoms with E-state index in [0.29, 0.717) is 17.4 Å². The number of nitrogens with zero attached hydrogens (tertiary/aromatic N) is 3. The molecule has 21 heavy (non-hydrogen) atoms. The van der Waals surface area contributed by atoms with Gasteiger partial charge in [-0.25, -0.2) is 4.98 Å². The topological polar surface area (TPSA) is 57.8 Å². The van der Waals surface area contributed by atoms with Crippen LogP contribution >= 0.6 is 11.6 Å². The Morgan fingerprint density at radius 2 is 2.33 bits per heavy atom. The van der Waals surface area contributed by atoms with Crippen molar-refractivity contribution in [2.75, 3.05) is 13.2 Å². The van der Waals surface area contributed by atoms with Crippen LogP contribution in [0, 0.1) is 0 Å². The van der Waals surface area contributed by atoms with Crippen LogP contribution in [0.3, 0.4) is 0 Å². The molecule has 0 saturated heterocycles. The first-order valence-electron chi connectivity index (χ1n) is 6.93. The molecule has 2 heterocycles. The predicted molar refractivity (Wildman–Crippen MR) is 81.1 cm³/mol. The molecule has 0 aromatic carbocycles. The second kappa shape index (κ2) is 5.87. The molecule has 1 saturated carbocycles. The number of amides is 1. The zero-order valence-corrected chi connectivity index (χ0v) is 12.2.